The lowest BCUT2D eigenvalue weighted by atomic mass is 9.74. The molecule has 1 aliphatic heterocycles. The molecule has 4 heteroatoms. The Morgan fingerprint density at radius 2 is 1.85 bits per heavy atom. The Morgan fingerprint density at radius 3 is 2.25 bits per heavy atom. The van der Waals surface area contributed by atoms with Crippen LogP contribution in [0.1, 0.15) is 59.3 Å². The van der Waals surface area contributed by atoms with Gasteiger partial charge < -0.3 is 10.0 Å². The number of hydrogen-bond acceptors (Lipinski definition) is 3. The maximum Gasteiger partial charge on any atom is 0.324 e. The van der Waals surface area contributed by atoms with Gasteiger partial charge in [-0.15, -0.1) is 0 Å². The normalized spacial score (nSPS) is 26.1. The van der Waals surface area contributed by atoms with Gasteiger partial charge in [0.2, 0.25) is 0 Å². The van der Waals surface area contributed by atoms with E-state index in [0.717, 1.165) is 25.9 Å². The van der Waals surface area contributed by atoms with Crippen LogP contribution in [0.4, 0.5) is 0 Å². The minimum absolute atomic E-state index is 0.422. The Hall–Kier alpha value is -0.610. The minimum Gasteiger partial charge on any atom is -0.480 e. The largest absolute Gasteiger partial charge is 0.480 e. The van der Waals surface area contributed by atoms with Crippen molar-refractivity contribution in [1.29, 1.82) is 0 Å². The highest BCUT2D eigenvalue weighted by Gasteiger charge is 2.41. The van der Waals surface area contributed by atoms with Crippen LogP contribution in [-0.2, 0) is 4.79 Å². The molecule has 2 fully saturated rings. The van der Waals surface area contributed by atoms with Crippen molar-refractivity contribution in [1.82, 2.24) is 10.2 Å². The van der Waals surface area contributed by atoms with Crippen LogP contribution in [0.2, 0.25) is 0 Å². The summed E-state index contributed by atoms with van der Waals surface area (Å²) < 4.78 is 0. The number of nitrogens with one attached hydrogen (secondary N) is 1. The molecule has 0 amide bonds. The summed E-state index contributed by atoms with van der Waals surface area (Å²) in [5.74, 6) is -0.716. The van der Waals surface area contributed by atoms with Gasteiger partial charge in [-0.3, -0.25) is 10.1 Å². The van der Waals surface area contributed by atoms with Gasteiger partial charge in [-0.05, 0) is 51.1 Å². The summed E-state index contributed by atoms with van der Waals surface area (Å²) in [5, 5.41) is 12.9. The van der Waals surface area contributed by atoms with Gasteiger partial charge in [0.15, 0.2) is 0 Å². The first-order valence-corrected chi connectivity index (χ1v) is 8.16. The summed E-state index contributed by atoms with van der Waals surface area (Å²) in [6.07, 6.45) is 7.15. The highest BCUT2D eigenvalue weighted by Crippen LogP contribution is 2.38. The molecule has 116 valence electrons. The van der Waals surface area contributed by atoms with E-state index in [1.54, 1.807) is 0 Å². The van der Waals surface area contributed by atoms with Crippen LogP contribution in [0.15, 0.2) is 0 Å². The zero-order chi connectivity index (χ0) is 14.8. The van der Waals surface area contributed by atoms with Crippen LogP contribution < -0.4 is 5.32 Å². The first kappa shape index (κ1) is 15.8. The lowest BCUT2D eigenvalue weighted by Crippen LogP contribution is -2.59. The quantitative estimate of drug-likeness (QED) is 0.753. The predicted octanol–water partition coefficient (Wildman–Crippen LogP) is 2.48. The molecular formula is C16H30N2O2. The van der Waals surface area contributed by atoms with Crippen molar-refractivity contribution < 1.29 is 9.90 Å². The molecule has 0 bridgehead atoms. The van der Waals surface area contributed by atoms with E-state index in [1.807, 2.05) is 6.92 Å². The zero-order valence-corrected chi connectivity index (χ0v) is 13.2. The number of nitrogens with zero attached hydrogens (tertiary/aromatic N) is 1. The topological polar surface area (TPSA) is 52.6 Å². The zero-order valence-electron chi connectivity index (χ0n) is 13.2. The fourth-order valence-corrected chi connectivity index (χ4v) is 3.44. The lowest BCUT2D eigenvalue weighted by molar-refractivity contribution is -0.145. The van der Waals surface area contributed by atoms with Crippen LogP contribution in [0, 0.1) is 5.41 Å². The van der Waals surface area contributed by atoms with E-state index < -0.39 is 11.5 Å². The smallest absolute Gasteiger partial charge is 0.324 e. The van der Waals surface area contributed by atoms with E-state index in [1.165, 1.54) is 25.7 Å². The molecule has 1 saturated heterocycles. The van der Waals surface area contributed by atoms with Crippen LogP contribution >= 0.6 is 0 Å². The molecule has 1 saturated carbocycles. The van der Waals surface area contributed by atoms with Gasteiger partial charge in [0.1, 0.15) is 5.54 Å². The Kier molecular flexibility index (Phi) is 4.75. The van der Waals surface area contributed by atoms with Gasteiger partial charge >= 0.3 is 5.97 Å². The van der Waals surface area contributed by atoms with Crippen molar-refractivity contribution in [3.05, 3.63) is 0 Å². The molecule has 2 N–H and O–H groups in total. The number of carboxylic acids is 1. The number of hydrogen-bond donors (Lipinski definition) is 2. The molecule has 1 heterocycles. The Morgan fingerprint density at radius 1 is 1.30 bits per heavy atom. The predicted molar refractivity (Wildman–Crippen MR) is 80.9 cm³/mol. The molecule has 2 aliphatic rings. The number of carbonyl (C=O) groups is 1. The summed E-state index contributed by atoms with van der Waals surface area (Å²) in [7, 11) is 0. The third kappa shape index (κ3) is 3.53. The second-order valence-corrected chi connectivity index (χ2v) is 7.04. The molecule has 0 aromatic rings. The van der Waals surface area contributed by atoms with E-state index in [4.69, 9.17) is 0 Å². The molecule has 20 heavy (non-hydrogen) atoms. The number of aliphatic carboxylic acids is 1. The van der Waals surface area contributed by atoms with Crippen molar-refractivity contribution >= 4 is 5.97 Å². The Balaban J connectivity index is 1.90. The SMILES string of the molecule is CCC1(CC)CCN(CC(C)(NC2CC2)C(=O)O)CC1. The number of carboxylic acid groups (broad SMARTS) is 1. The highest BCUT2D eigenvalue weighted by molar-refractivity contribution is 5.78. The number of rotatable bonds is 7. The fraction of sp³-hybridized carbons (Fsp3) is 0.938. The summed E-state index contributed by atoms with van der Waals surface area (Å²) in [6, 6.07) is 0.422. The van der Waals surface area contributed by atoms with E-state index in [9.17, 15) is 9.90 Å². The van der Waals surface area contributed by atoms with Crippen LogP contribution in [0.5, 0.6) is 0 Å². The second-order valence-electron chi connectivity index (χ2n) is 7.04. The maximum atomic E-state index is 11.6. The summed E-state index contributed by atoms with van der Waals surface area (Å²) in [6.45, 7) is 9.12. The number of piperidine rings is 1. The molecular weight excluding hydrogens is 252 g/mol. The Bertz CT molecular complexity index is 340. The molecule has 0 aromatic carbocycles. The van der Waals surface area contributed by atoms with Crippen LogP contribution in [0.3, 0.4) is 0 Å². The van der Waals surface area contributed by atoms with Crippen molar-refractivity contribution in [3.63, 3.8) is 0 Å². The van der Waals surface area contributed by atoms with Crippen LogP contribution in [-0.4, -0.2) is 47.2 Å². The van der Waals surface area contributed by atoms with Gasteiger partial charge in [0, 0.05) is 12.6 Å². The van der Waals surface area contributed by atoms with Crippen molar-refractivity contribution in [3.8, 4) is 0 Å². The number of likely N-dealkylation sites (tertiary alicyclic amines) is 1. The van der Waals surface area contributed by atoms with Gasteiger partial charge in [-0.25, -0.2) is 0 Å². The van der Waals surface area contributed by atoms with E-state index in [-0.39, 0.29) is 0 Å². The van der Waals surface area contributed by atoms with E-state index in [2.05, 4.69) is 24.1 Å². The summed E-state index contributed by atoms with van der Waals surface area (Å²) >= 11 is 0. The van der Waals surface area contributed by atoms with E-state index >= 15 is 0 Å². The van der Waals surface area contributed by atoms with E-state index in [0.29, 0.717) is 18.0 Å². The first-order chi connectivity index (χ1) is 9.43. The molecule has 1 atom stereocenters. The van der Waals surface area contributed by atoms with Crippen LogP contribution in [0.25, 0.3) is 0 Å². The average molecular weight is 282 g/mol. The minimum atomic E-state index is -0.792. The van der Waals surface area contributed by atoms with Gasteiger partial charge in [-0.1, -0.05) is 26.7 Å². The average Bonchev–Trinajstić information content (AvgIpc) is 3.23. The third-order valence-corrected chi connectivity index (χ3v) is 5.53. The lowest BCUT2D eigenvalue weighted by Gasteiger charge is -2.43. The summed E-state index contributed by atoms with van der Waals surface area (Å²) in [4.78, 5) is 13.9. The monoisotopic (exact) mass is 282 g/mol. The molecule has 1 aliphatic carbocycles. The van der Waals surface area contributed by atoms with Gasteiger partial charge in [0.05, 0.1) is 0 Å². The van der Waals surface area contributed by atoms with Crippen molar-refractivity contribution in [2.75, 3.05) is 19.6 Å². The highest BCUT2D eigenvalue weighted by atomic mass is 16.4. The first-order valence-electron chi connectivity index (χ1n) is 8.16. The van der Waals surface area contributed by atoms with Crippen molar-refractivity contribution in [2.45, 2.75) is 70.9 Å². The Labute approximate surface area is 122 Å². The second kappa shape index (κ2) is 6.02. The molecule has 0 aromatic heterocycles. The molecule has 4 nitrogen and oxygen atoms in total. The maximum absolute atomic E-state index is 11.6. The molecule has 1 unspecified atom stereocenters. The molecule has 0 radical (unpaired) electrons. The third-order valence-electron chi connectivity index (χ3n) is 5.53. The standard InChI is InChI=1S/C16H30N2O2/c1-4-16(5-2)8-10-18(11-9-16)12-15(3,14(19)20)17-13-6-7-13/h13,17H,4-12H2,1-3H3,(H,19,20). The fourth-order valence-electron chi connectivity index (χ4n) is 3.44. The summed E-state index contributed by atoms with van der Waals surface area (Å²) in [5.41, 5.74) is -0.292. The van der Waals surface area contributed by atoms with Gasteiger partial charge in [0.25, 0.3) is 0 Å². The molecule has 2 rings (SSSR count). The van der Waals surface area contributed by atoms with Crippen molar-refractivity contribution in [2.24, 2.45) is 5.41 Å². The molecule has 0 spiro atoms. The van der Waals surface area contributed by atoms with Gasteiger partial charge in [-0.2, -0.15) is 0 Å².